The molecule has 116 valence electrons. The van der Waals surface area contributed by atoms with Crippen LogP contribution >= 0.6 is 0 Å². The van der Waals surface area contributed by atoms with Crippen LogP contribution in [-0.2, 0) is 5.41 Å². The summed E-state index contributed by atoms with van der Waals surface area (Å²) in [5, 5.41) is 0. The van der Waals surface area contributed by atoms with Gasteiger partial charge < -0.3 is 9.47 Å². The fourth-order valence-electron chi connectivity index (χ4n) is 3.40. The molecule has 0 saturated carbocycles. The first kappa shape index (κ1) is 14.0. The molecular formula is C19H16O4. The Bertz CT molecular complexity index is 779. The van der Waals surface area contributed by atoms with Gasteiger partial charge in [0, 0.05) is 22.3 Å². The molecule has 4 nitrogen and oxygen atoms in total. The lowest BCUT2D eigenvalue weighted by Crippen LogP contribution is -2.31. The number of ketones is 2. The molecule has 0 aliphatic carbocycles. The van der Waals surface area contributed by atoms with E-state index < -0.39 is 5.41 Å². The number of carbonyl (C=O) groups is 2. The van der Waals surface area contributed by atoms with Gasteiger partial charge in [-0.25, -0.2) is 0 Å². The SMILES string of the molecule is CC(=O)c1ccc2c(c1)C1(CO2)COc2ccc(C(C)=O)cc21. The van der Waals surface area contributed by atoms with Gasteiger partial charge in [-0.1, -0.05) is 0 Å². The van der Waals surface area contributed by atoms with Crippen molar-refractivity contribution < 1.29 is 19.1 Å². The van der Waals surface area contributed by atoms with Gasteiger partial charge in [-0.2, -0.15) is 0 Å². The van der Waals surface area contributed by atoms with Crippen molar-refractivity contribution in [3.63, 3.8) is 0 Å². The first-order valence-corrected chi connectivity index (χ1v) is 7.58. The summed E-state index contributed by atoms with van der Waals surface area (Å²) in [6.45, 7) is 4.02. The van der Waals surface area contributed by atoms with E-state index in [1.54, 1.807) is 26.0 Å². The highest BCUT2D eigenvalue weighted by atomic mass is 16.5. The van der Waals surface area contributed by atoms with E-state index in [2.05, 4.69) is 0 Å². The Kier molecular flexibility index (Phi) is 2.85. The molecule has 0 radical (unpaired) electrons. The van der Waals surface area contributed by atoms with Crippen molar-refractivity contribution in [2.75, 3.05) is 13.2 Å². The minimum atomic E-state index is -0.443. The van der Waals surface area contributed by atoms with E-state index in [0.717, 1.165) is 22.6 Å². The van der Waals surface area contributed by atoms with E-state index in [-0.39, 0.29) is 11.6 Å². The van der Waals surface area contributed by atoms with E-state index in [9.17, 15) is 9.59 Å². The lowest BCUT2D eigenvalue weighted by molar-refractivity contribution is 0.100. The molecule has 0 bridgehead atoms. The molecule has 0 N–H and O–H groups in total. The molecule has 2 aromatic rings. The van der Waals surface area contributed by atoms with Gasteiger partial charge in [0.15, 0.2) is 11.6 Å². The third kappa shape index (κ3) is 1.91. The summed E-state index contributed by atoms with van der Waals surface area (Å²) in [5.74, 6) is 1.59. The van der Waals surface area contributed by atoms with Crippen LogP contribution in [0.15, 0.2) is 36.4 Å². The van der Waals surface area contributed by atoms with Crippen molar-refractivity contribution in [3.05, 3.63) is 58.7 Å². The summed E-state index contributed by atoms with van der Waals surface area (Å²) in [7, 11) is 0. The molecule has 23 heavy (non-hydrogen) atoms. The zero-order chi connectivity index (χ0) is 16.2. The lowest BCUT2D eigenvalue weighted by atomic mass is 9.76. The number of Topliss-reactive ketones (excluding diaryl/α,β-unsaturated/α-hetero) is 2. The van der Waals surface area contributed by atoms with Crippen LogP contribution in [0.25, 0.3) is 0 Å². The monoisotopic (exact) mass is 308 g/mol. The second-order valence-electron chi connectivity index (χ2n) is 6.19. The van der Waals surface area contributed by atoms with Crippen molar-refractivity contribution in [1.82, 2.24) is 0 Å². The molecule has 4 heteroatoms. The van der Waals surface area contributed by atoms with Crippen LogP contribution in [0.5, 0.6) is 11.5 Å². The normalized spacial score (nSPS) is 16.4. The van der Waals surface area contributed by atoms with Gasteiger partial charge in [0.2, 0.25) is 0 Å². The first-order valence-electron chi connectivity index (χ1n) is 7.58. The van der Waals surface area contributed by atoms with Gasteiger partial charge in [0.25, 0.3) is 0 Å². The van der Waals surface area contributed by atoms with Crippen molar-refractivity contribution in [3.8, 4) is 11.5 Å². The van der Waals surface area contributed by atoms with Gasteiger partial charge in [-0.3, -0.25) is 9.59 Å². The Morgan fingerprint density at radius 2 is 1.26 bits per heavy atom. The maximum atomic E-state index is 11.7. The molecule has 4 rings (SSSR count). The molecule has 0 saturated heterocycles. The number of ether oxygens (including phenoxy) is 2. The van der Waals surface area contributed by atoms with E-state index in [0.29, 0.717) is 24.3 Å². The predicted octanol–water partition coefficient (Wildman–Crippen LogP) is 3.16. The average Bonchev–Trinajstić information content (AvgIpc) is 3.10. The molecule has 2 aromatic carbocycles. The fourth-order valence-corrected chi connectivity index (χ4v) is 3.40. The predicted molar refractivity (Wildman–Crippen MR) is 84.7 cm³/mol. The summed E-state index contributed by atoms with van der Waals surface area (Å²) in [6.07, 6.45) is 0. The Balaban J connectivity index is 1.91. The zero-order valence-corrected chi connectivity index (χ0v) is 13.0. The van der Waals surface area contributed by atoms with Gasteiger partial charge in [0.1, 0.15) is 24.7 Å². The minimum Gasteiger partial charge on any atom is -0.492 e. The van der Waals surface area contributed by atoms with Crippen LogP contribution in [0, 0.1) is 0 Å². The number of carbonyl (C=O) groups excluding carboxylic acids is 2. The van der Waals surface area contributed by atoms with Gasteiger partial charge >= 0.3 is 0 Å². The molecular weight excluding hydrogens is 292 g/mol. The molecule has 2 heterocycles. The smallest absolute Gasteiger partial charge is 0.159 e. The molecule has 0 atom stereocenters. The minimum absolute atomic E-state index is 0.0199. The summed E-state index contributed by atoms with van der Waals surface area (Å²) in [5.41, 5.74) is 2.80. The van der Waals surface area contributed by atoms with Crippen LogP contribution in [0.4, 0.5) is 0 Å². The third-order valence-electron chi connectivity index (χ3n) is 4.75. The van der Waals surface area contributed by atoms with Crippen LogP contribution in [-0.4, -0.2) is 24.8 Å². The molecule has 2 aliphatic rings. The maximum absolute atomic E-state index is 11.7. The van der Waals surface area contributed by atoms with E-state index in [1.165, 1.54) is 0 Å². The highest BCUT2D eigenvalue weighted by Gasteiger charge is 2.49. The van der Waals surface area contributed by atoms with Crippen molar-refractivity contribution in [2.45, 2.75) is 19.3 Å². The van der Waals surface area contributed by atoms with Crippen molar-refractivity contribution in [2.24, 2.45) is 0 Å². The summed E-state index contributed by atoms with van der Waals surface area (Å²) >= 11 is 0. The Morgan fingerprint density at radius 1 is 0.826 bits per heavy atom. The largest absolute Gasteiger partial charge is 0.492 e. The number of hydrogen-bond donors (Lipinski definition) is 0. The standard InChI is InChI=1S/C19H16O4/c1-11(20)13-3-5-17-15(7-13)19(9-22-17)10-23-18-6-4-14(12(2)21)8-16(18)19/h3-8H,9-10H2,1-2H3. The molecule has 1 spiro atoms. The number of rotatable bonds is 2. The van der Waals surface area contributed by atoms with Gasteiger partial charge in [-0.15, -0.1) is 0 Å². The lowest BCUT2D eigenvalue weighted by Gasteiger charge is -2.21. The van der Waals surface area contributed by atoms with Crippen LogP contribution in [0.1, 0.15) is 45.7 Å². The molecule has 0 fully saturated rings. The second-order valence-corrected chi connectivity index (χ2v) is 6.19. The fraction of sp³-hybridized carbons (Fsp3) is 0.263. The van der Waals surface area contributed by atoms with Crippen LogP contribution in [0.2, 0.25) is 0 Å². The molecule has 0 unspecified atom stereocenters. The van der Waals surface area contributed by atoms with Crippen LogP contribution in [0.3, 0.4) is 0 Å². The number of benzene rings is 2. The summed E-state index contributed by atoms with van der Waals surface area (Å²) < 4.78 is 11.7. The third-order valence-corrected chi connectivity index (χ3v) is 4.75. The van der Waals surface area contributed by atoms with Gasteiger partial charge in [0.05, 0.1) is 5.41 Å². The Labute approximate surface area is 134 Å². The summed E-state index contributed by atoms with van der Waals surface area (Å²) in [6, 6.07) is 11.0. The maximum Gasteiger partial charge on any atom is 0.159 e. The van der Waals surface area contributed by atoms with Crippen molar-refractivity contribution >= 4 is 11.6 Å². The molecule has 0 aromatic heterocycles. The molecule has 2 aliphatic heterocycles. The van der Waals surface area contributed by atoms with Crippen LogP contribution < -0.4 is 9.47 Å². The summed E-state index contributed by atoms with van der Waals surface area (Å²) in [4.78, 5) is 23.4. The van der Waals surface area contributed by atoms with E-state index in [1.807, 2.05) is 24.3 Å². The quantitative estimate of drug-likeness (QED) is 0.800. The Hall–Kier alpha value is -2.62. The zero-order valence-electron chi connectivity index (χ0n) is 13.0. The topological polar surface area (TPSA) is 52.6 Å². The first-order chi connectivity index (χ1) is 11.0. The average molecular weight is 308 g/mol. The highest BCUT2D eigenvalue weighted by molar-refractivity contribution is 5.95. The Morgan fingerprint density at radius 3 is 1.65 bits per heavy atom. The molecule has 0 amide bonds. The number of hydrogen-bond acceptors (Lipinski definition) is 4. The number of fused-ring (bicyclic) bond motifs is 4. The van der Waals surface area contributed by atoms with Crippen molar-refractivity contribution in [1.29, 1.82) is 0 Å². The second kappa shape index (κ2) is 4.69. The van der Waals surface area contributed by atoms with E-state index >= 15 is 0 Å². The van der Waals surface area contributed by atoms with Gasteiger partial charge in [-0.05, 0) is 50.2 Å². The van der Waals surface area contributed by atoms with E-state index in [4.69, 9.17) is 9.47 Å². The highest BCUT2D eigenvalue weighted by Crippen LogP contribution is 2.50.